The highest BCUT2D eigenvalue weighted by molar-refractivity contribution is 5.86. The number of amides is 1. The largest absolute Gasteiger partial charge is 0.465 e. The molecule has 0 N–H and O–H groups in total. The molecule has 0 aromatic carbocycles. The smallest absolute Gasteiger partial charge is 0.311 e. The Bertz CT molecular complexity index is 241. The van der Waals surface area contributed by atoms with Crippen molar-refractivity contribution in [3.63, 3.8) is 0 Å². The van der Waals surface area contributed by atoms with Gasteiger partial charge in [-0.2, -0.15) is 0 Å². The number of likely N-dealkylation sites (tertiary alicyclic amines) is 1. The average molecular weight is 243 g/mol. The topological polar surface area (TPSA) is 46.6 Å². The standard InChI is InChI=1S/C11H19NO3.C2H6/c1-3-5-6-15-11(14)9-7-10(13)12(4-2)8-9;1-2/h9H,3-8H2,1-2H3;1-2H3. The van der Waals surface area contributed by atoms with Crippen molar-refractivity contribution in [1.82, 2.24) is 4.90 Å². The lowest BCUT2D eigenvalue weighted by atomic mass is 10.1. The van der Waals surface area contributed by atoms with Crippen LogP contribution in [0.4, 0.5) is 0 Å². The van der Waals surface area contributed by atoms with Gasteiger partial charge in [-0.05, 0) is 13.3 Å². The number of hydrogen-bond donors (Lipinski definition) is 0. The molecule has 1 aliphatic rings. The zero-order valence-corrected chi connectivity index (χ0v) is 11.5. The Morgan fingerprint density at radius 2 is 2.06 bits per heavy atom. The third-order valence-corrected chi connectivity index (χ3v) is 2.67. The van der Waals surface area contributed by atoms with Crippen LogP contribution < -0.4 is 0 Å². The minimum atomic E-state index is -0.241. The van der Waals surface area contributed by atoms with Crippen LogP contribution >= 0.6 is 0 Å². The molecule has 1 rings (SSSR count). The van der Waals surface area contributed by atoms with E-state index in [9.17, 15) is 9.59 Å². The molecule has 1 amide bonds. The van der Waals surface area contributed by atoms with Crippen molar-refractivity contribution in [2.24, 2.45) is 5.92 Å². The summed E-state index contributed by atoms with van der Waals surface area (Å²) >= 11 is 0. The Labute approximate surface area is 104 Å². The summed E-state index contributed by atoms with van der Waals surface area (Å²) < 4.78 is 5.09. The highest BCUT2D eigenvalue weighted by Crippen LogP contribution is 2.18. The van der Waals surface area contributed by atoms with E-state index in [-0.39, 0.29) is 17.8 Å². The van der Waals surface area contributed by atoms with E-state index in [4.69, 9.17) is 4.74 Å². The molecule has 1 saturated heterocycles. The van der Waals surface area contributed by atoms with Crippen LogP contribution in [0.15, 0.2) is 0 Å². The fraction of sp³-hybridized carbons (Fsp3) is 0.846. The van der Waals surface area contributed by atoms with E-state index in [1.54, 1.807) is 4.90 Å². The van der Waals surface area contributed by atoms with E-state index in [0.717, 1.165) is 12.8 Å². The summed E-state index contributed by atoms with van der Waals surface area (Å²) in [7, 11) is 0. The molecule has 0 spiro atoms. The number of rotatable bonds is 5. The van der Waals surface area contributed by atoms with Gasteiger partial charge in [-0.1, -0.05) is 27.2 Å². The van der Waals surface area contributed by atoms with Gasteiger partial charge in [-0.3, -0.25) is 9.59 Å². The van der Waals surface area contributed by atoms with Crippen molar-refractivity contribution in [3.05, 3.63) is 0 Å². The van der Waals surface area contributed by atoms with Crippen LogP contribution in [-0.4, -0.2) is 36.5 Å². The Morgan fingerprint density at radius 3 is 2.53 bits per heavy atom. The predicted molar refractivity (Wildman–Crippen MR) is 67.6 cm³/mol. The summed E-state index contributed by atoms with van der Waals surface area (Å²) in [6.45, 7) is 9.65. The minimum Gasteiger partial charge on any atom is -0.465 e. The summed E-state index contributed by atoms with van der Waals surface area (Å²) in [6.07, 6.45) is 2.22. The van der Waals surface area contributed by atoms with Crippen LogP contribution in [0.5, 0.6) is 0 Å². The summed E-state index contributed by atoms with van der Waals surface area (Å²) in [5.41, 5.74) is 0. The molecule has 0 aliphatic carbocycles. The van der Waals surface area contributed by atoms with Gasteiger partial charge in [0.2, 0.25) is 5.91 Å². The van der Waals surface area contributed by atoms with E-state index in [1.165, 1.54) is 0 Å². The third kappa shape index (κ3) is 5.20. The molecule has 1 unspecified atom stereocenters. The lowest BCUT2D eigenvalue weighted by Crippen LogP contribution is -2.26. The van der Waals surface area contributed by atoms with E-state index >= 15 is 0 Å². The molecule has 100 valence electrons. The molecule has 1 atom stereocenters. The van der Waals surface area contributed by atoms with Gasteiger partial charge in [0, 0.05) is 19.5 Å². The summed E-state index contributed by atoms with van der Waals surface area (Å²) in [5, 5.41) is 0. The SMILES string of the molecule is CC.CCCCOC(=O)C1CC(=O)N(CC)C1. The maximum absolute atomic E-state index is 11.5. The second-order valence-corrected chi connectivity index (χ2v) is 3.85. The molecular weight excluding hydrogens is 218 g/mol. The second-order valence-electron chi connectivity index (χ2n) is 3.85. The van der Waals surface area contributed by atoms with Crippen LogP contribution in [0, 0.1) is 5.92 Å². The van der Waals surface area contributed by atoms with E-state index < -0.39 is 0 Å². The van der Waals surface area contributed by atoms with Crippen LogP contribution in [0.3, 0.4) is 0 Å². The van der Waals surface area contributed by atoms with Crippen molar-refractivity contribution >= 4 is 11.9 Å². The molecule has 1 fully saturated rings. The van der Waals surface area contributed by atoms with Crippen LogP contribution in [0.2, 0.25) is 0 Å². The van der Waals surface area contributed by atoms with Crippen LogP contribution in [0.25, 0.3) is 0 Å². The Morgan fingerprint density at radius 1 is 1.41 bits per heavy atom. The van der Waals surface area contributed by atoms with Gasteiger partial charge in [0.15, 0.2) is 0 Å². The fourth-order valence-corrected chi connectivity index (χ4v) is 1.67. The first-order chi connectivity index (χ1) is 8.19. The minimum absolute atomic E-state index is 0.0648. The number of unbranched alkanes of at least 4 members (excludes halogenated alkanes) is 1. The lowest BCUT2D eigenvalue weighted by Gasteiger charge is -2.13. The van der Waals surface area contributed by atoms with E-state index in [0.29, 0.717) is 26.1 Å². The maximum Gasteiger partial charge on any atom is 0.311 e. The van der Waals surface area contributed by atoms with Gasteiger partial charge in [0.25, 0.3) is 0 Å². The number of nitrogens with zero attached hydrogens (tertiary/aromatic N) is 1. The average Bonchev–Trinajstić information content (AvgIpc) is 2.73. The maximum atomic E-state index is 11.5. The Kier molecular flexibility index (Phi) is 8.46. The molecule has 0 saturated carbocycles. The van der Waals surface area contributed by atoms with Crippen molar-refractivity contribution in [2.45, 2.75) is 47.0 Å². The van der Waals surface area contributed by atoms with Crippen LogP contribution in [-0.2, 0) is 14.3 Å². The number of carbonyl (C=O) groups excluding carboxylic acids is 2. The van der Waals surface area contributed by atoms with Crippen LogP contribution in [0.1, 0.15) is 47.0 Å². The summed E-state index contributed by atoms with van der Waals surface area (Å²) in [4.78, 5) is 24.6. The summed E-state index contributed by atoms with van der Waals surface area (Å²) in [6, 6.07) is 0. The first-order valence-corrected chi connectivity index (χ1v) is 6.63. The molecule has 4 heteroatoms. The zero-order chi connectivity index (χ0) is 13.3. The summed E-state index contributed by atoms with van der Waals surface area (Å²) in [5.74, 6) is -0.392. The highest BCUT2D eigenvalue weighted by Gasteiger charge is 2.34. The second kappa shape index (κ2) is 9.02. The van der Waals surface area contributed by atoms with Crippen molar-refractivity contribution < 1.29 is 14.3 Å². The molecular formula is C13H25NO3. The monoisotopic (exact) mass is 243 g/mol. The first-order valence-electron chi connectivity index (χ1n) is 6.63. The normalized spacial score (nSPS) is 18.7. The Hall–Kier alpha value is -1.06. The molecule has 0 radical (unpaired) electrons. The first kappa shape index (κ1) is 15.9. The number of esters is 1. The lowest BCUT2D eigenvalue weighted by molar-refractivity contribution is -0.148. The van der Waals surface area contributed by atoms with E-state index in [1.807, 2.05) is 27.7 Å². The highest BCUT2D eigenvalue weighted by atomic mass is 16.5. The molecule has 1 heterocycles. The van der Waals surface area contributed by atoms with Gasteiger partial charge >= 0.3 is 5.97 Å². The number of carbonyl (C=O) groups is 2. The molecule has 1 aliphatic heterocycles. The number of ether oxygens (including phenoxy) is 1. The van der Waals surface area contributed by atoms with Gasteiger partial charge < -0.3 is 9.64 Å². The quantitative estimate of drug-likeness (QED) is 0.549. The molecule has 4 nitrogen and oxygen atoms in total. The fourth-order valence-electron chi connectivity index (χ4n) is 1.67. The zero-order valence-electron chi connectivity index (χ0n) is 11.5. The molecule has 0 aromatic rings. The molecule has 17 heavy (non-hydrogen) atoms. The van der Waals surface area contributed by atoms with Gasteiger partial charge in [-0.15, -0.1) is 0 Å². The van der Waals surface area contributed by atoms with Gasteiger partial charge in [0.1, 0.15) is 0 Å². The van der Waals surface area contributed by atoms with Crippen molar-refractivity contribution in [2.75, 3.05) is 19.7 Å². The van der Waals surface area contributed by atoms with Crippen molar-refractivity contribution in [1.29, 1.82) is 0 Å². The molecule has 0 bridgehead atoms. The van der Waals surface area contributed by atoms with Gasteiger partial charge in [-0.25, -0.2) is 0 Å². The van der Waals surface area contributed by atoms with E-state index in [2.05, 4.69) is 0 Å². The number of hydrogen-bond acceptors (Lipinski definition) is 3. The third-order valence-electron chi connectivity index (χ3n) is 2.67. The van der Waals surface area contributed by atoms with Gasteiger partial charge in [0.05, 0.1) is 12.5 Å². The predicted octanol–water partition coefficient (Wildman–Crippen LogP) is 2.22. The molecule has 0 aromatic heterocycles. The van der Waals surface area contributed by atoms with Crippen molar-refractivity contribution in [3.8, 4) is 0 Å². The Balaban J connectivity index is 0.00000121.